The number of nitrogens with zero attached hydrogens (tertiary/aromatic N) is 1. The number of carbonyl (C=O) groups is 2. The average molecular weight is 419 g/mol. The monoisotopic (exact) mass is 418 g/mol. The summed E-state index contributed by atoms with van der Waals surface area (Å²) in [5.41, 5.74) is 8.82. The van der Waals surface area contributed by atoms with Crippen LogP contribution >= 0.6 is 0 Å². The Morgan fingerprint density at radius 3 is 2.10 bits per heavy atom. The second-order valence-electron chi connectivity index (χ2n) is 9.47. The number of hydrogen-bond donors (Lipinski definition) is 1. The maximum absolute atomic E-state index is 12.8. The first-order valence-electron chi connectivity index (χ1n) is 11.8. The Balaban J connectivity index is 1.37. The number of amides is 2. The molecule has 2 N–H and O–H groups in total. The fourth-order valence-electron chi connectivity index (χ4n) is 5.30. The number of nitrogens with two attached hydrogens (primary N) is 1. The molecule has 1 saturated carbocycles. The van der Waals surface area contributed by atoms with Crippen LogP contribution in [0.25, 0.3) is 11.1 Å². The van der Waals surface area contributed by atoms with E-state index in [-0.39, 0.29) is 11.8 Å². The van der Waals surface area contributed by atoms with Gasteiger partial charge in [0.25, 0.3) is 0 Å². The Morgan fingerprint density at radius 1 is 0.871 bits per heavy atom. The first-order chi connectivity index (χ1) is 15.1. The highest BCUT2D eigenvalue weighted by Gasteiger charge is 2.41. The van der Waals surface area contributed by atoms with E-state index in [4.69, 9.17) is 5.73 Å². The minimum absolute atomic E-state index is 0.237. The standard InChI is InChI=1S/C27H34N2O2/c28-26(31)27(20-22-11-13-24(14-12-22)23-9-5-2-6-10-23)15-17-29(18-16-27)25(30)19-21-7-3-1-4-8-21/h2,5-6,9-14,21H,1,3-4,7-8,15-20H2,(H2,28,31). The van der Waals surface area contributed by atoms with Gasteiger partial charge in [0.2, 0.25) is 11.8 Å². The highest BCUT2D eigenvalue weighted by Crippen LogP contribution is 2.36. The van der Waals surface area contributed by atoms with Gasteiger partial charge < -0.3 is 10.6 Å². The zero-order chi connectivity index (χ0) is 21.7. The number of hydrogen-bond acceptors (Lipinski definition) is 2. The van der Waals surface area contributed by atoms with Crippen LogP contribution in [0.3, 0.4) is 0 Å². The molecule has 0 radical (unpaired) electrons. The van der Waals surface area contributed by atoms with Gasteiger partial charge in [-0.25, -0.2) is 0 Å². The summed E-state index contributed by atoms with van der Waals surface area (Å²) in [5.74, 6) is 0.573. The first kappa shape index (κ1) is 21.6. The van der Waals surface area contributed by atoms with Gasteiger partial charge in [-0.2, -0.15) is 0 Å². The molecule has 0 bridgehead atoms. The summed E-state index contributed by atoms with van der Waals surface area (Å²) in [4.78, 5) is 27.2. The van der Waals surface area contributed by atoms with Crippen molar-refractivity contribution < 1.29 is 9.59 Å². The highest BCUT2D eigenvalue weighted by molar-refractivity contribution is 5.82. The third-order valence-corrected chi connectivity index (χ3v) is 7.39. The van der Waals surface area contributed by atoms with Crippen molar-refractivity contribution in [1.82, 2.24) is 4.90 Å². The molecule has 4 heteroatoms. The lowest BCUT2D eigenvalue weighted by Crippen LogP contribution is -2.50. The lowest BCUT2D eigenvalue weighted by atomic mass is 9.73. The highest BCUT2D eigenvalue weighted by atomic mass is 16.2. The molecule has 1 aliphatic carbocycles. The van der Waals surface area contributed by atoms with Crippen molar-refractivity contribution in [2.24, 2.45) is 17.1 Å². The van der Waals surface area contributed by atoms with Crippen LogP contribution in [0.4, 0.5) is 0 Å². The molecule has 0 atom stereocenters. The fourth-order valence-corrected chi connectivity index (χ4v) is 5.30. The summed E-state index contributed by atoms with van der Waals surface area (Å²) in [7, 11) is 0. The SMILES string of the molecule is NC(=O)C1(Cc2ccc(-c3ccccc3)cc2)CCN(C(=O)CC2CCCCC2)CC1. The van der Waals surface area contributed by atoms with Gasteiger partial charge in [-0.15, -0.1) is 0 Å². The second kappa shape index (κ2) is 9.67. The Hall–Kier alpha value is -2.62. The summed E-state index contributed by atoms with van der Waals surface area (Å²) in [6.07, 6.45) is 8.80. The van der Waals surface area contributed by atoms with Crippen LogP contribution in [0.2, 0.25) is 0 Å². The van der Waals surface area contributed by atoms with Gasteiger partial charge in [-0.1, -0.05) is 73.9 Å². The molecule has 1 heterocycles. The van der Waals surface area contributed by atoms with E-state index in [2.05, 4.69) is 36.4 Å². The third kappa shape index (κ3) is 5.17. The second-order valence-corrected chi connectivity index (χ2v) is 9.47. The number of benzene rings is 2. The van der Waals surface area contributed by atoms with Crippen LogP contribution in [0.1, 0.15) is 56.9 Å². The van der Waals surface area contributed by atoms with E-state index < -0.39 is 5.41 Å². The van der Waals surface area contributed by atoms with E-state index in [1.54, 1.807) is 0 Å². The topological polar surface area (TPSA) is 63.4 Å². The average Bonchev–Trinajstić information content (AvgIpc) is 2.81. The Kier molecular flexibility index (Phi) is 6.74. The summed E-state index contributed by atoms with van der Waals surface area (Å²) in [6, 6.07) is 18.7. The smallest absolute Gasteiger partial charge is 0.224 e. The van der Waals surface area contributed by atoms with Crippen molar-refractivity contribution in [2.75, 3.05) is 13.1 Å². The maximum Gasteiger partial charge on any atom is 0.224 e. The van der Waals surface area contributed by atoms with Crippen molar-refractivity contribution in [1.29, 1.82) is 0 Å². The maximum atomic E-state index is 12.8. The zero-order valence-corrected chi connectivity index (χ0v) is 18.4. The Morgan fingerprint density at radius 2 is 1.48 bits per heavy atom. The number of likely N-dealkylation sites (tertiary alicyclic amines) is 1. The predicted octanol–water partition coefficient (Wildman–Crippen LogP) is 4.96. The van der Waals surface area contributed by atoms with Crippen LogP contribution in [-0.4, -0.2) is 29.8 Å². The molecule has 0 spiro atoms. The van der Waals surface area contributed by atoms with Crippen LogP contribution in [0.5, 0.6) is 0 Å². The molecule has 1 saturated heterocycles. The van der Waals surface area contributed by atoms with Gasteiger partial charge in [0.1, 0.15) is 0 Å². The van der Waals surface area contributed by atoms with Gasteiger partial charge in [0.05, 0.1) is 5.41 Å². The van der Waals surface area contributed by atoms with Crippen molar-refractivity contribution in [2.45, 2.75) is 57.8 Å². The van der Waals surface area contributed by atoms with Crippen LogP contribution in [-0.2, 0) is 16.0 Å². The van der Waals surface area contributed by atoms with Crippen molar-refractivity contribution in [3.8, 4) is 11.1 Å². The van der Waals surface area contributed by atoms with Crippen LogP contribution < -0.4 is 5.73 Å². The Labute approximate surface area is 185 Å². The largest absolute Gasteiger partial charge is 0.369 e. The molecule has 2 fully saturated rings. The van der Waals surface area contributed by atoms with E-state index >= 15 is 0 Å². The number of carbonyl (C=O) groups excluding carboxylic acids is 2. The summed E-state index contributed by atoms with van der Waals surface area (Å²) >= 11 is 0. The van der Waals surface area contributed by atoms with Gasteiger partial charge in [0.15, 0.2) is 0 Å². The molecule has 164 valence electrons. The van der Waals surface area contributed by atoms with Crippen molar-refractivity contribution in [3.05, 3.63) is 60.2 Å². The molecule has 0 unspecified atom stereocenters. The molecule has 4 nitrogen and oxygen atoms in total. The summed E-state index contributed by atoms with van der Waals surface area (Å²) in [6.45, 7) is 1.27. The molecular weight excluding hydrogens is 384 g/mol. The minimum atomic E-state index is -0.560. The molecule has 2 amide bonds. The first-order valence-corrected chi connectivity index (χ1v) is 11.8. The molecule has 0 aromatic heterocycles. The molecule has 2 aromatic carbocycles. The zero-order valence-electron chi connectivity index (χ0n) is 18.4. The van der Waals surface area contributed by atoms with Gasteiger partial charge >= 0.3 is 0 Å². The van der Waals surface area contributed by atoms with E-state index in [1.807, 2.05) is 23.1 Å². The number of rotatable bonds is 6. The number of primary amides is 1. The van der Waals surface area contributed by atoms with Gasteiger partial charge in [-0.3, -0.25) is 9.59 Å². The normalized spacial score (nSPS) is 19.2. The molecule has 2 aromatic rings. The molecule has 4 rings (SSSR count). The Bertz CT molecular complexity index is 877. The van der Waals surface area contributed by atoms with Crippen LogP contribution in [0, 0.1) is 11.3 Å². The molecule has 1 aliphatic heterocycles. The third-order valence-electron chi connectivity index (χ3n) is 7.39. The lowest BCUT2D eigenvalue weighted by molar-refractivity contribution is -0.139. The summed E-state index contributed by atoms with van der Waals surface area (Å²) in [5, 5.41) is 0. The fraction of sp³-hybridized carbons (Fsp3) is 0.481. The van der Waals surface area contributed by atoms with Crippen molar-refractivity contribution >= 4 is 11.8 Å². The summed E-state index contributed by atoms with van der Waals surface area (Å²) < 4.78 is 0. The van der Waals surface area contributed by atoms with Gasteiger partial charge in [-0.05, 0) is 54.7 Å². The van der Waals surface area contributed by atoms with E-state index in [0.29, 0.717) is 44.7 Å². The molecule has 2 aliphatic rings. The predicted molar refractivity (Wildman–Crippen MR) is 124 cm³/mol. The van der Waals surface area contributed by atoms with Crippen molar-refractivity contribution in [3.63, 3.8) is 0 Å². The molecule has 31 heavy (non-hydrogen) atoms. The number of piperidine rings is 1. The lowest BCUT2D eigenvalue weighted by Gasteiger charge is -2.40. The molecular formula is C27H34N2O2. The quantitative estimate of drug-likeness (QED) is 0.721. The van der Waals surface area contributed by atoms with Crippen LogP contribution in [0.15, 0.2) is 54.6 Å². The van der Waals surface area contributed by atoms with Gasteiger partial charge in [0, 0.05) is 19.5 Å². The van der Waals surface area contributed by atoms with E-state index in [9.17, 15) is 9.59 Å². The minimum Gasteiger partial charge on any atom is -0.369 e. The van der Waals surface area contributed by atoms with E-state index in [1.165, 1.54) is 43.2 Å². The van der Waals surface area contributed by atoms with E-state index in [0.717, 1.165) is 5.56 Å².